The van der Waals surface area contributed by atoms with Crippen LogP contribution >= 0.6 is 0 Å². The van der Waals surface area contributed by atoms with Crippen molar-refractivity contribution in [2.75, 3.05) is 0 Å². The first-order valence-electron chi connectivity index (χ1n) is 6.90. The van der Waals surface area contributed by atoms with E-state index in [0.717, 1.165) is 12.8 Å². The van der Waals surface area contributed by atoms with E-state index < -0.39 is 5.60 Å². The Morgan fingerprint density at radius 3 is 2.53 bits per heavy atom. The highest BCUT2D eigenvalue weighted by atomic mass is 16.6. The average molecular weight is 238 g/mol. The molecular weight excluding hydrogens is 212 g/mol. The Balaban J connectivity index is 1.76. The van der Waals surface area contributed by atoms with Crippen LogP contribution in [0.3, 0.4) is 0 Å². The minimum atomic E-state index is -0.572. The molecule has 1 saturated heterocycles. The Labute approximate surface area is 105 Å². The van der Waals surface area contributed by atoms with Crippen LogP contribution < -0.4 is 0 Å². The lowest BCUT2D eigenvalue weighted by Gasteiger charge is -2.30. The summed E-state index contributed by atoms with van der Waals surface area (Å²) >= 11 is 0. The van der Waals surface area contributed by atoms with Crippen LogP contribution in [0, 0.1) is 11.8 Å². The van der Waals surface area contributed by atoms with Crippen LogP contribution in [0.1, 0.15) is 53.4 Å². The predicted molar refractivity (Wildman–Crippen MR) is 69.8 cm³/mol. The number of rotatable bonds is 4. The third kappa shape index (κ3) is 3.32. The number of allylic oxidation sites excluding steroid dienone is 1. The zero-order valence-corrected chi connectivity index (χ0v) is 11.6. The summed E-state index contributed by atoms with van der Waals surface area (Å²) in [6.07, 6.45) is 9.08. The SMILES string of the molecule is C[C@H](CC[C@H]1OC1(C)C)[C@@H]1C=C[C@@](C)(O)CC1. The minimum Gasteiger partial charge on any atom is -0.386 e. The number of hydrogen-bond donors (Lipinski definition) is 1. The summed E-state index contributed by atoms with van der Waals surface area (Å²) in [7, 11) is 0. The molecule has 1 heterocycles. The molecule has 4 atom stereocenters. The Morgan fingerprint density at radius 2 is 2.06 bits per heavy atom. The second-order valence-electron chi connectivity index (χ2n) is 6.68. The molecule has 17 heavy (non-hydrogen) atoms. The monoisotopic (exact) mass is 238 g/mol. The average Bonchev–Trinajstić information content (AvgIpc) is 2.83. The van der Waals surface area contributed by atoms with E-state index in [4.69, 9.17) is 4.74 Å². The highest BCUT2D eigenvalue weighted by Gasteiger charge is 2.47. The van der Waals surface area contributed by atoms with Crippen molar-refractivity contribution < 1.29 is 9.84 Å². The normalized spacial score (nSPS) is 41.2. The van der Waals surface area contributed by atoms with Gasteiger partial charge in [-0.25, -0.2) is 0 Å². The Kier molecular flexibility index (Phi) is 3.39. The third-order valence-electron chi connectivity index (χ3n) is 4.47. The third-order valence-corrected chi connectivity index (χ3v) is 4.47. The van der Waals surface area contributed by atoms with Gasteiger partial charge in [-0.1, -0.05) is 19.1 Å². The van der Waals surface area contributed by atoms with E-state index in [9.17, 15) is 5.11 Å². The Hall–Kier alpha value is -0.340. The van der Waals surface area contributed by atoms with Gasteiger partial charge < -0.3 is 9.84 Å². The molecule has 2 nitrogen and oxygen atoms in total. The van der Waals surface area contributed by atoms with Gasteiger partial charge >= 0.3 is 0 Å². The molecule has 98 valence electrons. The Bertz CT molecular complexity index is 304. The maximum atomic E-state index is 9.86. The fraction of sp³-hybridized carbons (Fsp3) is 0.867. The molecule has 0 radical (unpaired) electrons. The molecule has 2 aliphatic rings. The lowest BCUT2D eigenvalue weighted by atomic mass is 9.78. The molecule has 0 aromatic heterocycles. The van der Waals surface area contributed by atoms with Gasteiger partial charge in [0, 0.05) is 0 Å². The molecule has 0 aromatic carbocycles. The van der Waals surface area contributed by atoms with Gasteiger partial charge in [0.1, 0.15) is 0 Å². The molecule has 1 aliphatic carbocycles. The van der Waals surface area contributed by atoms with Crippen molar-refractivity contribution in [3.63, 3.8) is 0 Å². The van der Waals surface area contributed by atoms with E-state index in [-0.39, 0.29) is 5.60 Å². The van der Waals surface area contributed by atoms with E-state index in [2.05, 4.69) is 26.8 Å². The van der Waals surface area contributed by atoms with E-state index in [1.165, 1.54) is 12.8 Å². The summed E-state index contributed by atoms with van der Waals surface area (Å²) in [4.78, 5) is 0. The predicted octanol–water partition coefficient (Wildman–Crippen LogP) is 3.30. The Morgan fingerprint density at radius 1 is 1.41 bits per heavy atom. The van der Waals surface area contributed by atoms with Gasteiger partial charge in [0.15, 0.2) is 0 Å². The summed E-state index contributed by atoms with van der Waals surface area (Å²) < 4.78 is 5.62. The maximum absolute atomic E-state index is 9.86. The number of ether oxygens (including phenoxy) is 1. The van der Waals surface area contributed by atoms with Gasteiger partial charge in [-0.3, -0.25) is 0 Å². The standard InChI is InChI=1S/C15H26O2/c1-11(5-6-13-14(2,3)17-13)12-7-9-15(4,16)10-8-12/h7,9,11-13,16H,5-6,8,10H2,1-4H3/t11-,12-,13-,15-/m1/s1. The molecule has 2 heteroatoms. The molecule has 0 spiro atoms. The van der Waals surface area contributed by atoms with E-state index in [1.807, 2.05) is 13.0 Å². The second kappa shape index (κ2) is 4.40. The maximum Gasteiger partial charge on any atom is 0.0892 e. The first kappa shape index (κ1) is 13.1. The largest absolute Gasteiger partial charge is 0.386 e. The summed E-state index contributed by atoms with van der Waals surface area (Å²) in [5, 5.41) is 9.86. The van der Waals surface area contributed by atoms with Gasteiger partial charge in [0.2, 0.25) is 0 Å². The molecule has 2 rings (SSSR count). The molecule has 0 bridgehead atoms. The molecular formula is C15H26O2. The van der Waals surface area contributed by atoms with Crippen LogP contribution in [0.4, 0.5) is 0 Å². The molecule has 1 N–H and O–H groups in total. The second-order valence-corrected chi connectivity index (χ2v) is 6.68. The van der Waals surface area contributed by atoms with E-state index >= 15 is 0 Å². The van der Waals surface area contributed by atoms with Crippen molar-refractivity contribution in [2.24, 2.45) is 11.8 Å². The molecule has 1 fully saturated rings. The van der Waals surface area contributed by atoms with Gasteiger partial charge in [0.25, 0.3) is 0 Å². The smallest absolute Gasteiger partial charge is 0.0892 e. The van der Waals surface area contributed by atoms with Crippen LogP contribution in [-0.2, 0) is 4.74 Å². The number of aliphatic hydroxyl groups is 1. The van der Waals surface area contributed by atoms with Crippen molar-refractivity contribution in [2.45, 2.75) is 70.7 Å². The van der Waals surface area contributed by atoms with Crippen LogP contribution in [-0.4, -0.2) is 22.4 Å². The highest BCUT2D eigenvalue weighted by Crippen LogP contribution is 2.40. The van der Waals surface area contributed by atoms with E-state index in [0.29, 0.717) is 17.9 Å². The van der Waals surface area contributed by atoms with E-state index in [1.54, 1.807) is 0 Å². The van der Waals surface area contributed by atoms with Crippen LogP contribution in [0.15, 0.2) is 12.2 Å². The zero-order chi connectivity index (χ0) is 12.7. The first-order valence-corrected chi connectivity index (χ1v) is 6.90. The number of hydrogen-bond acceptors (Lipinski definition) is 2. The van der Waals surface area contributed by atoms with Crippen molar-refractivity contribution in [3.05, 3.63) is 12.2 Å². The molecule has 0 aromatic rings. The lowest BCUT2D eigenvalue weighted by molar-refractivity contribution is 0.0830. The number of epoxide rings is 1. The fourth-order valence-electron chi connectivity index (χ4n) is 2.81. The molecule has 0 saturated carbocycles. The van der Waals surface area contributed by atoms with Gasteiger partial charge in [-0.05, 0) is 58.3 Å². The molecule has 0 unspecified atom stereocenters. The van der Waals surface area contributed by atoms with Crippen LogP contribution in [0.25, 0.3) is 0 Å². The first-order chi connectivity index (χ1) is 7.80. The summed E-state index contributed by atoms with van der Waals surface area (Å²) in [5.74, 6) is 1.33. The van der Waals surface area contributed by atoms with Gasteiger partial charge in [0.05, 0.1) is 17.3 Å². The summed E-state index contributed by atoms with van der Waals surface area (Å²) in [6.45, 7) is 8.55. The quantitative estimate of drug-likeness (QED) is 0.602. The topological polar surface area (TPSA) is 32.8 Å². The van der Waals surface area contributed by atoms with Gasteiger partial charge in [-0.2, -0.15) is 0 Å². The van der Waals surface area contributed by atoms with Crippen LogP contribution in [0.2, 0.25) is 0 Å². The van der Waals surface area contributed by atoms with Gasteiger partial charge in [-0.15, -0.1) is 0 Å². The zero-order valence-electron chi connectivity index (χ0n) is 11.6. The summed E-state index contributed by atoms with van der Waals surface area (Å²) in [6, 6.07) is 0. The van der Waals surface area contributed by atoms with Crippen molar-refractivity contribution in [3.8, 4) is 0 Å². The highest BCUT2D eigenvalue weighted by molar-refractivity contribution is 5.06. The van der Waals surface area contributed by atoms with Crippen molar-refractivity contribution in [1.82, 2.24) is 0 Å². The van der Waals surface area contributed by atoms with Crippen molar-refractivity contribution >= 4 is 0 Å². The minimum absolute atomic E-state index is 0.131. The van der Waals surface area contributed by atoms with Crippen LogP contribution in [0.5, 0.6) is 0 Å². The summed E-state index contributed by atoms with van der Waals surface area (Å²) in [5.41, 5.74) is -0.441. The lowest BCUT2D eigenvalue weighted by Crippen LogP contribution is -2.27. The molecule has 1 aliphatic heterocycles. The fourth-order valence-corrected chi connectivity index (χ4v) is 2.81. The molecule has 0 amide bonds. The van der Waals surface area contributed by atoms with Crippen molar-refractivity contribution in [1.29, 1.82) is 0 Å².